The lowest BCUT2D eigenvalue weighted by Gasteiger charge is -2.25. The Balaban J connectivity index is 4.38. The van der Waals surface area contributed by atoms with Crippen molar-refractivity contribution in [2.75, 3.05) is 12.3 Å². The van der Waals surface area contributed by atoms with Crippen LogP contribution in [-0.4, -0.2) is 31.1 Å². The third-order valence-corrected chi connectivity index (χ3v) is 4.79. The van der Waals surface area contributed by atoms with Crippen LogP contribution in [0.15, 0.2) is 0 Å². The fourth-order valence-corrected chi connectivity index (χ4v) is 3.54. The highest BCUT2D eigenvalue weighted by Gasteiger charge is 2.23. The van der Waals surface area contributed by atoms with Gasteiger partial charge in [0.05, 0.1) is 5.75 Å². The van der Waals surface area contributed by atoms with Crippen LogP contribution in [0.4, 0.5) is 0 Å². The van der Waals surface area contributed by atoms with Crippen LogP contribution in [0, 0.1) is 0 Å². The monoisotopic (exact) mass is 249 g/mol. The van der Waals surface area contributed by atoms with Gasteiger partial charge < -0.3 is 0 Å². The van der Waals surface area contributed by atoms with Gasteiger partial charge in [0, 0.05) is 12.6 Å². The molecule has 98 valence electrons. The molecule has 0 radical (unpaired) electrons. The first kappa shape index (κ1) is 15.9. The number of rotatable bonds is 9. The van der Waals surface area contributed by atoms with Gasteiger partial charge in [0.2, 0.25) is 10.0 Å². The van der Waals surface area contributed by atoms with Crippen LogP contribution >= 0.6 is 0 Å². The molecule has 0 N–H and O–H groups in total. The highest BCUT2D eigenvalue weighted by Crippen LogP contribution is 2.11. The quantitative estimate of drug-likeness (QED) is 0.589. The van der Waals surface area contributed by atoms with Gasteiger partial charge in [-0.25, -0.2) is 8.42 Å². The molecule has 0 unspecified atom stereocenters. The van der Waals surface area contributed by atoms with Crippen LogP contribution in [0.2, 0.25) is 0 Å². The Morgan fingerprint density at radius 2 is 1.56 bits per heavy atom. The van der Waals surface area contributed by atoms with Gasteiger partial charge in [-0.1, -0.05) is 33.1 Å². The van der Waals surface area contributed by atoms with Crippen molar-refractivity contribution in [2.45, 2.75) is 65.8 Å². The molecule has 0 aromatic rings. The second kappa shape index (κ2) is 8.07. The maximum absolute atomic E-state index is 12.1. The number of nitrogens with zero attached hydrogens (tertiary/aromatic N) is 1. The average molecular weight is 249 g/mol. The van der Waals surface area contributed by atoms with Gasteiger partial charge >= 0.3 is 0 Å². The van der Waals surface area contributed by atoms with E-state index in [4.69, 9.17) is 0 Å². The van der Waals surface area contributed by atoms with E-state index in [0.717, 1.165) is 32.1 Å². The molecule has 0 aromatic carbocycles. The Bertz CT molecular complexity index is 260. The van der Waals surface area contributed by atoms with Crippen molar-refractivity contribution < 1.29 is 8.42 Å². The Kier molecular flexibility index (Phi) is 8.02. The van der Waals surface area contributed by atoms with Crippen molar-refractivity contribution in [3.8, 4) is 0 Å². The first-order valence-corrected chi connectivity index (χ1v) is 8.06. The molecule has 0 bridgehead atoms. The van der Waals surface area contributed by atoms with Crippen molar-refractivity contribution in [3.63, 3.8) is 0 Å². The molecule has 3 nitrogen and oxygen atoms in total. The summed E-state index contributed by atoms with van der Waals surface area (Å²) in [5.41, 5.74) is 0. The fraction of sp³-hybridized carbons (Fsp3) is 1.00. The average Bonchev–Trinajstić information content (AvgIpc) is 2.17. The van der Waals surface area contributed by atoms with Gasteiger partial charge in [0.25, 0.3) is 0 Å². The highest BCUT2D eigenvalue weighted by atomic mass is 32.2. The Hall–Kier alpha value is -0.0900. The molecule has 0 fully saturated rings. The van der Waals surface area contributed by atoms with E-state index >= 15 is 0 Å². The van der Waals surface area contributed by atoms with Gasteiger partial charge in [0.15, 0.2) is 0 Å². The molecule has 0 aliphatic heterocycles. The lowest BCUT2D eigenvalue weighted by atomic mass is 10.3. The zero-order valence-corrected chi connectivity index (χ0v) is 12.0. The molecular weight excluding hydrogens is 222 g/mol. The van der Waals surface area contributed by atoms with E-state index in [-0.39, 0.29) is 6.04 Å². The largest absolute Gasteiger partial charge is 0.214 e. The molecule has 0 spiro atoms. The molecule has 0 aromatic heterocycles. The molecule has 0 saturated heterocycles. The predicted molar refractivity (Wildman–Crippen MR) is 70.1 cm³/mol. The summed E-state index contributed by atoms with van der Waals surface area (Å²) in [7, 11) is -3.03. The van der Waals surface area contributed by atoms with Crippen LogP contribution in [0.25, 0.3) is 0 Å². The molecule has 0 saturated carbocycles. The van der Waals surface area contributed by atoms with Gasteiger partial charge in [-0.15, -0.1) is 0 Å². The molecule has 0 aliphatic carbocycles. The summed E-state index contributed by atoms with van der Waals surface area (Å²) in [6.45, 7) is 8.74. The summed E-state index contributed by atoms with van der Waals surface area (Å²) in [6, 6.07) is 0.0816. The maximum atomic E-state index is 12.1. The number of hydrogen-bond acceptors (Lipinski definition) is 2. The molecule has 0 amide bonds. The third-order valence-electron chi connectivity index (χ3n) is 2.67. The second-order valence-electron chi connectivity index (χ2n) is 4.58. The number of unbranched alkanes of at least 4 members (excludes halogenated alkanes) is 3. The van der Waals surface area contributed by atoms with Crippen LogP contribution in [0.5, 0.6) is 0 Å². The number of sulfonamides is 1. The van der Waals surface area contributed by atoms with Gasteiger partial charge in [0.1, 0.15) is 0 Å². The first-order chi connectivity index (χ1) is 7.45. The molecule has 16 heavy (non-hydrogen) atoms. The lowest BCUT2D eigenvalue weighted by molar-refractivity contribution is 0.347. The van der Waals surface area contributed by atoms with Crippen molar-refractivity contribution in [2.24, 2.45) is 0 Å². The second-order valence-corrected chi connectivity index (χ2v) is 6.62. The Labute approximate surface area is 101 Å². The zero-order chi connectivity index (χ0) is 12.6. The molecule has 0 atom stereocenters. The van der Waals surface area contributed by atoms with Crippen LogP contribution < -0.4 is 0 Å². The zero-order valence-electron chi connectivity index (χ0n) is 11.2. The number of hydrogen-bond donors (Lipinski definition) is 0. The van der Waals surface area contributed by atoms with Crippen molar-refractivity contribution in [1.82, 2.24) is 4.31 Å². The van der Waals surface area contributed by atoms with Crippen LogP contribution in [0.3, 0.4) is 0 Å². The van der Waals surface area contributed by atoms with Crippen molar-refractivity contribution >= 4 is 10.0 Å². The van der Waals surface area contributed by atoms with Crippen LogP contribution in [0.1, 0.15) is 59.8 Å². The van der Waals surface area contributed by atoms with Gasteiger partial charge in [-0.3, -0.25) is 0 Å². The van der Waals surface area contributed by atoms with Gasteiger partial charge in [-0.2, -0.15) is 4.31 Å². The minimum absolute atomic E-state index is 0.0816. The van der Waals surface area contributed by atoms with E-state index < -0.39 is 10.0 Å². The van der Waals surface area contributed by atoms with Crippen molar-refractivity contribution in [1.29, 1.82) is 0 Å². The van der Waals surface area contributed by atoms with E-state index in [1.54, 1.807) is 4.31 Å². The van der Waals surface area contributed by atoms with Crippen LogP contribution in [-0.2, 0) is 10.0 Å². The lowest BCUT2D eigenvalue weighted by Crippen LogP contribution is -2.39. The maximum Gasteiger partial charge on any atom is 0.214 e. The molecule has 0 heterocycles. The predicted octanol–water partition coefficient (Wildman–Crippen LogP) is 3.02. The topological polar surface area (TPSA) is 37.4 Å². The molecular formula is C12H27NO2S. The summed E-state index contributed by atoms with van der Waals surface area (Å²) < 4.78 is 25.8. The molecule has 0 rings (SSSR count). The minimum atomic E-state index is -3.03. The fourth-order valence-electron chi connectivity index (χ4n) is 1.68. The molecule has 4 heteroatoms. The smallest absolute Gasteiger partial charge is 0.212 e. The van der Waals surface area contributed by atoms with E-state index in [2.05, 4.69) is 13.8 Å². The summed E-state index contributed by atoms with van der Waals surface area (Å²) in [5, 5.41) is 0. The van der Waals surface area contributed by atoms with Crippen molar-refractivity contribution in [3.05, 3.63) is 0 Å². The highest BCUT2D eigenvalue weighted by molar-refractivity contribution is 7.89. The Morgan fingerprint density at radius 3 is 2.00 bits per heavy atom. The summed E-state index contributed by atoms with van der Waals surface area (Å²) >= 11 is 0. The Morgan fingerprint density at radius 1 is 1.00 bits per heavy atom. The molecule has 0 aliphatic rings. The van der Waals surface area contributed by atoms with E-state index in [1.165, 1.54) is 0 Å². The summed E-state index contributed by atoms with van der Waals surface area (Å²) in [4.78, 5) is 0. The van der Waals surface area contributed by atoms with E-state index in [0.29, 0.717) is 12.3 Å². The van der Waals surface area contributed by atoms with E-state index in [1.807, 2.05) is 13.8 Å². The van der Waals surface area contributed by atoms with E-state index in [9.17, 15) is 8.42 Å². The standard InChI is InChI=1S/C12H27NO2S/c1-5-7-9-11-16(14,15)13(12(3)4)10-8-6-2/h12H,5-11H2,1-4H3. The normalized spacial score (nSPS) is 12.6. The summed E-state index contributed by atoms with van der Waals surface area (Å²) in [6.07, 6.45) is 4.83. The summed E-state index contributed by atoms with van der Waals surface area (Å²) in [5.74, 6) is 0.308. The minimum Gasteiger partial charge on any atom is -0.212 e. The third kappa shape index (κ3) is 5.85. The first-order valence-electron chi connectivity index (χ1n) is 6.45. The SMILES string of the molecule is CCCCCS(=O)(=O)N(CCCC)C(C)C. The van der Waals surface area contributed by atoms with Gasteiger partial charge in [-0.05, 0) is 26.7 Å².